The van der Waals surface area contributed by atoms with Gasteiger partial charge in [0.05, 0.1) is 9.79 Å². The number of hydrogen-bond donors (Lipinski definition) is 0. The Morgan fingerprint density at radius 2 is 0.714 bits per heavy atom. The van der Waals surface area contributed by atoms with Gasteiger partial charge in [0.2, 0.25) is 21.6 Å². The van der Waals surface area contributed by atoms with E-state index in [0.717, 1.165) is 78.6 Å². The van der Waals surface area contributed by atoms with Gasteiger partial charge in [0.1, 0.15) is 33.3 Å². The molecular formula is C64H50N4O8S. The van der Waals surface area contributed by atoms with Crippen LogP contribution >= 0.6 is 0 Å². The zero-order valence-electron chi connectivity index (χ0n) is 43.5. The zero-order valence-corrected chi connectivity index (χ0v) is 44.3. The first-order valence-corrected chi connectivity index (χ1v) is 26.6. The maximum Gasteiger partial charge on any atom is 0.349 e. The number of oxazole rings is 2. The molecule has 4 aromatic heterocycles. The van der Waals surface area contributed by atoms with E-state index in [-0.39, 0.29) is 54.9 Å². The summed E-state index contributed by atoms with van der Waals surface area (Å²) in [6, 6.07) is 48.7. The lowest BCUT2D eigenvalue weighted by Crippen LogP contribution is -2.13. The second kappa shape index (κ2) is 18.5. The largest absolute Gasteiger partial charge is 0.436 e. The third-order valence-electron chi connectivity index (χ3n) is 14.1. The molecule has 12 nitrogen and oxygen atoms in total. The van der Waals surface area contributed by atoms with Gasteiger partial charge < -0.3 is 27.5 Å². The minimum atomic E-state index is -4.16. The molecular weight excluding hydrogens is 985 g/mol. The number of rotatable bonds is 10. The van der Waals surface area contributed by atoms with Crippen LogP contribution in [0, 0.1) is 55.4 Å². The van der Waals surface area contributed by atoms with Crippen molar-refractivity contribution < 1.29 is 26.1 Å². The maximum absolute atomic E-state index is 14.3. The van der Waals surface area contributed by atoms with Gasteiger partial charge in [-0.05, 0) is 175 Å². The van der Waals surface area contributed by atoms with Gasteiger partial charge in [-0.15, -0.1) is 0 Å². The van der Waals surface area contributed by atoms with E-state index >= 15 is 0 Å². The standard InChI is InChI=1S/C64H50N4O8S/c1-35-9-19-53(39(5)25-35)67(54-20-10-36(2)26-40(54)6)45-15-13-43-29-49(63(69)75-59(43)31-45)61-65-51-33-47(17-23-57(51)73-61)77(71,72)48-18-24-58-52(34-48)66-62(74-58)50-30-44-14-16-46(32-60(44)76-64(50)70)68(55-21-11-37(3)27-41(55)7)56-22-12-38(4)28-42(56)8/h9-34H,1-8H3. The first-order valence-electron chi connectivity index (χ1n) is 25.1. The molecule has 13 heteroatoms. The van der Waals surface area contributed by atoms with Crippen LogP contribution in [0.5, 0.6) is 0 Å². The van der Waals surface area contributed by atoms with Gasteiger partial charge in [-0.3, -0.25) is 0 Å². The molecule has 0 N–H and O–H groups in total. The molecule has 0 aliphatic heterocycles. The SMILES string of the molecule is Cc1ccc(N(c2ccc3cc(-c4nc5cc(S(=O)(=O)c6ccc7oc(-c8cc9ccc(N(c%10ccc(C)cc%10C)c%10ccc(C)cc%10C)cc9oc8=O)nc7c6)ccc5o4)c(=O)oc3c2)c2ccc(C)cc2C)c(C)c1. The fourth-order valence-electron chi connectivity index (χ4n) is 10.3. The highest BCUT2D eigenvalue weighted by Crippen LogP contribution is 2.42. The van der Waals surface area contributed by atoms with Crippen molar-refractivity contribution in [2.24, 2.45) is 0 Å². The zero-order chi connectivity index (χ0) is 53.6. The van der Waals surface area contributed by atoms with Crippen LogP contribution in [-0.2, 0) is 9.84 Å². The number of nitrogens with zero attached hydrogens (tertiary/aromatic N) is 4. The molecule has 0 fully saturated rings. The molecule has 380 valence electrons. The van der Waals surface area contributed by atoms with Gasteiger partial charge in [0.25, 0.3) is 0 Å². The number of fused-ring (bicyclic) bond motifs is 4. The van der Waals surface area contributed by atoms with E-state index in [0.29, 0.717) is 21.9 Å². The maximum atomic E-state index is 14.3. The van der Waals surface area contributed by atoms with Crippen molar-refractivity contribution >= 4 is 88.1 Å². The van der Waals surface area contributed by atoms with Crippen LogP contribution in [0.1, 0.15) is 44.5 Å². The minimum Gasteiger partial charge on any atom is -0.436 e. The van der Waals surface area contributed by atoms with Crippen LogP contribution in [0.2, 0.25) is 0 Å². The molecule has 0 saturated heterocycles. The van der Waals surface area contributed by atoms with Crippen LogP contribution in [-0.4, -0.2) is 18.4 Å². The number of hydrogen-bond acceptors (Lipinski definition) is 12. The summed E-state index contributed by atoms with van der Waals surface area (Å²) in [6.07, 6.45) is 0. The summed E-state index contributed by atoms with van der Waals surface area (Å²) in [6.45, 7) is 16.6. The van der Waals surface area contributed by atoms with Crippen molar-refractivity contribution in [1.29, 1.82) is 0 Å². The molecule has 0 saturated carbocycles. The minimum absolute atomic E-state index is 0.0201. The summed E-state index contributed by atoms with van der Waals surface area (Å²) in [5.74, 6) is -0.0403. The highest BCUT2D eigenvalue weighted by Gasteiger charge is 2.25. The monoisotopic (exact) mass is 1030 g/mol. The lowest BCUT2D eigenvalue weighted by Gasteiger charge is -2.29. The van der Waals surface area contributed by atoms with Gasteiger partial charge in [-0.2, -0.15) is 0 Å². The Hall–Kier alpha value is -9.33. The van der Waals surface area contributed by atoms with Crippen molar-refractivity contribution in [2.45, 2.75) is 65.2 Å². The van der Waals surface area contributed by atoms with Crippen molar-refractivity contribution in [3.05, 3.63) is 223 Å². The average molecular weight is 1040 g/mol. The van der Waals surface area contributed by atoms with Crippen molar-refractivity contribution in [3.63, 3.8) is 0 Å². The van der Waals surface area contributed by atoms with E-state index in [2.05, 4.69) is 148 Å². The van der Waals surface area contributed by atoms with Crippen molar-refractivity contribution in [2.75, 3.05) is 9.80 Å². The van der Waals surface area contributed by atoms with Crippen LogP contribution in [0.3, 0.4) is 0 Å². The molecule has 0 aliphatic carbocycles. The Morgan fingerprint density at radius 3 is 1.05 bits per heavy atom. The molecule has 0 atom stereocenters. The van der Waals surface area contributed by atoms with E-state index in [1.807, 2.05) is 36.4 Å². The average Bonchev–Trinajstić information content (AvgIpc) is 4.14. The third-order valence-corrected chi connectivity index (χ3v) is 15.9. The third kappa shape index (κ3) is 8.73. The lowest BCUT2D eigenvalue weighted by molar-refractivity contribution is 0.553. The Kier molecular flexibility index (Phi) is 11.7. The Balaban J connectivity index is 0.829. The predicted octanol–water partition coefficient (Wildman–Crippen LogP) is 15.8. The molecule has 12 aromatic rings. The summed E-state index contributed by atoms with van der Waals surface area (Å²) in [7, 11) is -4.16. The highest BCUT2D eigenvalue weighted by atomic mass is 32.2. The molecule has 0 amide bonds. The number of benzene rings is 8. The second-order valence-electron chi connectivity index (χ2n) is 20.0. The van der Waals surface area contributed by atoms with E-state index < -0.39 is 21.1 Å². The Morgan fingerprint density at radius 1 is 0.364 bits per heavy atom. The highest BCUT2D eigenvalue weighted by molar-refractivity contribution is 7.91. The van der Waals surface area contributed by atoms with Crippen LogP contribution in [0.4, 0.5) is 34.1 Å². The summed E-state index contributed by atoms with van der Waals surface area (Å²) < 4.78 is 52.6. The van der Waals surface area contributed by atoms with Crippen LogP contribution in [0.25, 0.3) is 67.0 Å². The van der Waals surface area contributed by atoms with Crippen molar-refractivity contribution in [1.82, 2.24) is 9.97 Å². The smallest absolute Gasteiger partial charge is 0.349 e. The Bertz CT molecular complexity index is 4270. The van der Waals surface area contributed by atoms with E-state index in [9.17, 15) is 18.0 Å². The Labute approximate surface area is 443 Å². The van der Waals surface area contributed by atoms with Gasteiger partial charge in [-0.1, -0.05) is 70.8 Å². The molecule has 0 spiro atoms. The molecule has 8 aromatic carbocycles. The van der Waals surface area contributed by atoms with Crippen LogP contribution < -0.4 is 21.1 Å². The van der Waals surface area contributed by atoms with E-state index in [1.165, 1.54) is 36.4 Å². The van der Waals surface area contributed by atoms with Gasteiger partial charge in [-0.25, -0.2) is 28.0 Å². The fourth-order valence-corrected chi connectivity index (χ4v) is 11.6. The van der Waals surface area contributed by atoms with E-state index in [4.69, 9.17) is 17.7 Å². The van der Waals surface area contributed by atoms with Gasteiger partial charge in [0, 0.05) is 57.0 Å². The lowest BCUT2D eigenvalue weighted by atomic mass is 10.0. The predicted molar refractivity (Wildman–Crippen MR) is 304 cm³/mol. The summed E-state index contributed by atoms with van der Waals surface area (Å²) in [4.78, 5) is 40.9. The van der Waals surface area contributed by atoms with Crippen LogP contribution in [0.15, 0.2) is 195 Å². The number of sulfone groups is 1. The quantitative estimate of drug-likeness (QED) is 0.120. The molecule has 77 heavy (non-hydrogen) atoms. The number of aromatic nitrogens is 2. The summed E-state index contributed by atoms with van der Waals surface area (Å²) in [5.41, 5.74) is 15.1. The molecule has 0 radical (unpaired) electrons. The topological polar surface area (TPSA) is 153 Å². The van der Waals surface area contributed by atoms with E-state index in [1.54, 1.807) is 12.1 Å². The first-order chi connectivity index (χ1) is 36.9. The molecule has 0 unspecified atom stereocenters. The number of anilines is 6. The number of aryl methyl sites for hydroxylation is 8. The normalized spacial score (nSPS) is 11.8. The van der Waals surface area contributed by atoms with Crippen molar-refractivity contribution in [3.8, 4) is 22.9 Å². The fraction of sp³-hybridized carbons (Fsp3) is 0.125. The first kappa shape index (κ1) is 48.6. The summed E-state index contributed by atoms with van der Waals surface area (Å²) in [5, 5.41) is 1.28. The summed E-state index contributed by atoms with van der Waals surface area (Å²) >= 11 is 0. The van der Waals surface area contributed by atoms with Gasteiger partial charge in [0.15, 0.2) is 11.2 Å². The second-order valence-corrected chi connectivity index (χ2v) is 21.9. The molecule has 0 aliphatic rings. The molecule has 4 heterocycles. The molecule has 12 rings (SSSR count). The van der Waals surface area contributed by atoms with Gasteiger partial charge >= 0.3 is 11.3 Å². The molecule has 0 bridgehead atoms.